The summed E-state index contributed by atoms with van der Waals surface area (Å²) >= 11 is 0. The van der Waals surface area contributed by atoms with Crippen molar-refractivity contribution in [1.29, 1.82) is 0 Å². The van der Waals surface area contributed by atoms with Gasteiger partial charge in [0.05, 0.1) is 5.69 Å². The van der Waals surface area contributed by atoms with Crippen molar-refractivity contribution in [2.75, 3.05) is 4.90 Å². The van der Waals surface area contributed by atoms with Crippen LogP contribution in [0.15, 0.2) is 60.8 Å². The molecule has 0 aliphatic carbocycles. The monoisotopic (exact) mass is 378 g/mol. The minimum atomic E-state index is -1.14. The average Bonchev–Trinajstić information content (AvgIpc) is 3.13. The third-order valence-corrected chi connectivity index (χ3v) is 4.35. The fourth-order valence-corrected chi connectivity index (χ4v) is 2.90. The Morgan fingerprint density at radius 1 is 1.11 bits per heavy atom. The maximum atomic E-state index is 13.2. The third kappa shape index (κ3) is 3.79. The summed E-state index contributed by atoms with van der Waals surface area (Å²) in [5.74, 6) is -1.35. The molecular weight excluding hydrogens is 356 g/mol. The van der Waals surface area contributed by atoms with Gasteiger partial charge >= 0.3 is 5.97 Å². The molecule has 0 atom stereocenters. The van der Waals surface area contributed by atoms with E-state index in [1.165, 1.54) is 15.8 Å². The smallest absolute Gasteiger partial charge is 0.341 e. The first-order valence-corrected chi connectivity index (χ1v) is 8.93. The summed E-state index contributed by atoms with van der Waals surface area (Å²) in [6, 6.07) is 15.8. The molecule has 144 valence electrons. The number of hydrogen-bond acceptors (Lipinski definition) is 4. The zero-order valence-corrected chi connectivity index (χ0v) is 15.7. The van der Waals surface area contributed by atoms with Crippen molar-refractivity contribution in [2.45, 2.75) is 26.4 Å². The van der Waals surface area contributed by atoms with Crippen LogP contribution in [0.1, 0.15) is 40.1 Å². The molecule has 28 heavy (non-hydrogen) atoms. The van der Waals surface area contributed by atoms with Gasteiger partial charge in [-0.2, -0.15) is 0 Å². The second-order valence-electron chi connectivity index (χ2n) is 6.62. The van der Waals surface area contributed by atoms with Crippen LogP contribution in [-0.4, -0.2) is 32.8 Å². The standard InChI is InChI=1S/C21H22N4O3/c1-14(2)25(20(26)16-10-8-15(12-22)9-11-16)19-18(21(27)28)13-24(23-19)17-6-4-3-5-7-17/h3-11,13-14H,12,22H2,1-2H3,(H,27,28). The maximum absolute atomic E-state index is 13.2. The summed E-state index contributed by atoms with van der Waals surface area (Å²) in [5.41, 5.74) is 7.63. The van der Waals surface area contributed by atoms with Crippen molar-refractivity contribution in [2.24, 2.45) is 5.73 Å². The van der Waals surface area contributed by atoms with E-state index in [0.717, 1.165) is 5.56 Å². The quantitative estimate of drug-likeness (QED) is 0.686. The highest BCUT2D eigenvalue weighted by molar-refractivity contribution is 6.08. The molecule has 0 bridgehead atoms. The number of nitrogens with two attached hydrogens (primary N) is 1. The lowest BCUT2D eigenvalue weighted by atomic mass is 10.1. The van der Waals surface area contributed by atoms with Crippen LogP contribution in [0.3, 0.4) is 0 Å². The van der Waals surface area contributed by atoms with Crippen LogP contribution < -0.4 is 10.6 Å². The lowest BCUT2D eigenvalue weighted by Gasteiger charge is -2.25. The van der Waals surface area contributed by atoms with E-state index in [0.29, 0.717) is 17.8 Å². The van der Waals surface area contributed by atoms with Crippen LogP contribution in [0, 0.1) is 0 Å². The molecule has 3 rings (SSSR count). The van der Waals surface area contributed by atoms with Gasteiger partial charge in [0.25, 0.3) is 5.91 Å². The molecule has 0 saturated heterocycles. The fraction of sp³-hybridized carbons (Fsp3) is 0.190. The van der Waals surface area contributed by atoms with E-state index in [1.807, 2.05) is 44.2 Å². The highest BCUT2D eigenvalue weighted by atomic mass is 16.4. The van der Waals surface area contributed by atoms with E-state index in [-0.39, 0.29) is 23.3 Å². The predicted molar refractivity (Wildman–Crippen MR) is 107 cm³/mol. The van der Waals surface area contributed by atoms with Crippen molar-refractivity contribution < 1.29 is 14.7 Å². The van der Waals surface area contributed by atoms with Gasteiger partial charge in [-0.1, -0.05) is 30.3 Å². The van der Waals surface area contributed by atoms with Crippen molar-refractivity contribution in [3.8, 4) is 5.69 Å². The number of benzene rings is 2. The van der Waals surface area contributed by atoms with Crippen LogP contribution in [-0.2, 0) is 6.54 Å². The Labute approximate surface area is 163 Å². The van der Waals surface area contributed by atoms with Crippen LogP contribution in [0.5, 0.6) is 0 Å². The second-order valence-corrected chi connectivity index (χ2v) is 6.62. The first-order chi connectivity index (χ1) is 13.4. The Kier molecular flexibility index (Phi) is 5.56. The second kappa shape index (κ2) is 8.06. The molecule has 0 radical (unpaired) electrons. The third-order valence-electron chi connectivity index (χ3n) is 4.35. The van der Waals surface area contributed by atoms with E-state index in [2.05, 4.69) is 5.10 Å². The molecule has 3 N–H and O–H groups in total. The molecule has 3 aromatic rings. The van der Waals surface area contributed by atoms with E-state index in [9.17, 15) is 14.7 Å². The van der Waals surface area contributed by atoms with E-state index in [1.54, 1.807) is 24.3 Å². The molecule has 1 aromatic heterocycles. The summed E-state index contributed by atoms with van der Waals surface area (Å²) in [7, 11) is 0. The van der Waals surface area contributed by atoms with Crippen LogP contribution in [0.25, 0.3) is 5.69 Å². The van der Waals surface area contributed by atoms with E-state index in [4.69, 9.17) is 5.73 Å². The number of nitrogens with zero attached hydrogens (tertiary/aromatic N) is 3. The largest absolute Gasteiger partial charge is 0.477 e. The van der Waals surface area contributed by atoms with Gasteiger partial charge in [-0.3, -0.25) is 9.69 Å². The molecule has 0 aliphatic rings. The molecule has 7 nitrogen and oxygen atoms in total. The number of aromatic nitrogens is 2. The number of aromatic carboxylic acids is 1. The molecule has 0 unspecified atom stereocenters. The van der Waals surface area contributed by atoms with Crippen LogP contribution in [0.2, 0.25) is 0 Å². The number of anilines is 1. The first-order valence-electron chi connectivity index (χ1n) is 8.93. The van der Waals surface area contributed by atoms with Gasteiger partial charge < -0.3 is 10.8 Å². The molecule has 2 aromatic carbocycles. The Morgan fingerprint density at radius 2 is 1.75 bits per heavy atom. The number of carboxylic acids is 1. The fourth-order valence-electron chi connectivity index (χ4n) is 2.90. The lowest BCUT2D eigenvalue weighted by molar-refractivity contribution is 0.0697. The zero-order valence-electron chi connectivity index (χ0n) is 15.7. The Hall–Kier alpha value is -3.45. The number of para-hydroxylation sites is 1. The maximum Gasteiger partial charge on any atom is 0.341 e. The summed E-state index contributed by atoms with van der Waals surface area (Å²) in [6.45, 7) is 4.02. The average molecular weight is 378 g/mol. The summed E-state index contributed by atoms with van der Waals surface area (Å²) in [4.78, 5) is 26.4. The molecule has 7 heteroatoms. The minimum Gasteiger partial charge on any atom is -0.477 e. The van der Waals surface area contributed by atoms with E-state index >= 15 is 0 Å². The summed E-state index contributed by atoms with van der Waals surface area (Å²) < 4.78 is 1.47. The van der Waals surface area contributed by atoms with Gasteiger partial charge in [-0.25, -0.2) is 9.48 Å². The number of carbonyl (C=O) groups excluding carboxylic acids is 1. The highest BCUT2D eigenvalue weighted by Gasteiger charge is 2.29. The summed E-state index contributed by atoms with van der Waals surface area (Å²) in [5, 5.41) is 14.1. The van der Waals surface area contributed by atoms with Gasteiger partial charge in [-0.15, -0.1) is 5.10 Å². The van der Waals surface area contributed by atoms with Crippen molar-refractivity contribution >= 4 is 17.7 Å². The Bertz CT molecular complexity index is 979. The zero-order chi connectivity index (χ0) is 20.3. The predicted octanol–water partition coefficient (Wildman–Crippen LogP) is 3.08. The van der Waals surface area contributed by atoms with Crippen molar-refractivity contribution in [3.63, 3.8) is 0 Å². The number of carbonyl (C=O) groups is 2. The molecule has 0 saturated carbocycles. The highest BCUT2D eigenvalue weighted by Crippen LogP contribution is 2.25. The number of rotatable bonds is 6. The Balaban J connectivity index is 2.07. The van der Waals surface area contributed by atoms with Gasteiger partial charge in [0.1, 0.15) is 5.56 Å². The van der Waals surface area contributed by atoms with Crippen molar-refractivity contribution in [3.05, 3.63) is 77.5 Å². The molecule has 0 spiro atoms. The SMILES string of the molecule is CC(C)N(C(=O)c1ccc(CN)cc1)c1nn(-c2ccccc2)cc1C(=O)O. The van der Waals surface area contributed by atoms with Crippen LogP contribution >= 0.6 is 0 Å². The number of carboxylic acid groups (broad SMARTS) is 1. The minimum absolute atomic E-state index is 0.0375. The van der Waals surface area contributed by atoms with Crippen molar-refractivity contribution in [1.82, 2.24) is 9.78 Å². The van der Waals surface area contributed by atoms with Gasteiger partial charge in [0, 0.05) is 24.3 Å². The van der Waals surface area contributed by atoms with Gasteiger partial charge in [-0.05, 0) is 43.7 Å². The summed E-state index contributed by atoms with van der Waals surface area (Å²) in [6.07, 6.45) is 1.42. The van der Waals surface area contributed by atoms with Gasteiger partial charge in [0.15, 0.2) is 5.82 Å². The molecule has 0 aliphatic heterocycles. The van der Waals surface area contributed by atoms with Crippen LogP contribution in [0.4, 0.5) is 5.82 Å². The first kappa shape index (κ1) is 19.3. The van der Waals surface area contributed by atoms with Gasteiger partial charge in [0.2, 0.25) is 0 Å². The number of amides is 1. The number of hydrogen-bond donors (Lipinski definition) is 2. The van der Waals surface area contributed by atoms with E-state index < -0.39 is 5.97 Å². The molecular formula is C21H22N4O3. The lowest BCUT2D eigenvalue weighted by Crippen LogP contribution is -2.38. The Morgan fingerprint density at radius 3 is 2.29 bits per heavy atom. The molecule has 1 heterocycles. The normalized spacial score (nSPS) is 10.9. The molecule has 1 amide bonds. The topological polar surface area (TPSA) is 101 Å². The molecule has 0 fully saturated rings.